The van der Waals surface area contributed by atoms with E-state index < -0.39 is 11.9 Å². The van der Waals surface area contributed by atoms with E-state index in [9.17, 15) is 14.4 Å². The van der Waals surface area contributed by atoms with Crippen LogP contribution >= 0.6 is 11.3 Å². The molecule has 0 aliphatic heterocycles. The monoisotopic (exact) mass is 405 g/mol. The highest BCUT2D eigenvalue weighted by atomic mass is 32.1. The maximum absolute atomic E-state index is 12.4. The van der Waals surface area contributed by atoms with Crippen LogP contribution in [0.15, 0.2) is 54.6 Å². The predicted octanol–water partition coefficient (Wildman–Crippen LogP) is 4.51. The van der Waals surface area contributed by atoms with Gasteiger partial charge in [0.1, 0.15) is 4.88 Å². The lowest BCUT2D eigenvalue weighted by Gasteiger charge is -2.15. The molecule has 3 aromatic rings. The number of ether oxygens (including phenoxy) is 1. The van der Waals surface area contributed by atoms with Crippen LogP contribution < -0.4 is 5.32 Å². The second-order valence-corrected chi connectivity index (χ2v) is 7.93. The first kappa shape index (κ1) is 19.1. The standard InChI is InChI=1S/C23H19NO4S/c1-14(25)15-8-10-18(11-9-15)24-21(26)13-28-23(27)20-12-17-7-6-16-4-2-3-5-19(16)22(17)29-20/h2-5,8-12H,6-7,13H2,1H3,(H,24,26). The normalized spacial score (nSPS) is 11.9. The molecular weight excluding hydrogens is 386 g/mol. The number of carbonyl (C=O) groups excluding carboxylic acids is 3. The zero-order valence-corrected chi connectivity index (χ0v) is 16.7. The van der Waals surface area contributed by atoms with E-state index in [1.165, 1.54) is 29.4 Å². The minimum atomic E-state index is -0.496. The Morgan fingerprint density at radius 1 is 1.00 bits per heavy atom. The number of nitrogens with one attached hydrogen (secondary N) is 1. The molecule has 1 N–H and O–H groups in total. The highest BCUT2D eigenvalue weighted by molar-refractivity contribution is 7.17. The number of fused-ring (bicyclic) bond motifs is 3. The number of Topliss-reactive ketones (excluding diaryl/α,β-unsaturated/α-hetero) is 1. The van der Waals surface area contributed by atoms with Crippen molar-refractivity contribution in [2.24, 2.45) is 0 Å². The van der Waals surface area contributed by atoms with Crippen molar-refractivity contribution in [3.63, 3.8) is 0 Å². The Kier molecular flexibility index (Phi) is 5.27. The van der Waals surface area contributed by atoms with Gasteiger partial charge in [-0.25, -0.2) is 4.79 Å². The van der Waals surface area contributed by atoms with Crippen LogP contribution in [0.1, 0.15) is 38.1 Å². The van der Waals surface area contributed by atoms with Crippen LogP contribution in [-0.4, -0.2) is 24.3 Å². The Balaban J connectivity index is 1.37. The number of rotatable bonds is 5. The summed E-state index contributed by atoms with van der Waals surface area (Å²) in [7, 11) is 0. The minimum absolute atomic E-state index is 0.0434. The van der Waals surface area contributed by atoms with E-state index in [-0.39, 0.29) is 12.4 Å². The highest BCUT2D eigenvalue weighted by Crippen LogP contribution is 2.39. The Bertz CT molecular complexity index is 1100. The summed E-state index contributed by atoms with van der Waals surface area (Å²) in [5, 5.41) is 2.65. The number of amides is 1. The summed E-state index contributed by atoms with van der Waals surface area (Å²) in [6.45, 7) is 1.11. The fourth-order valence-corrected chi connectivity index (χ4v) is 4.52. The molecule has 1 aliphatic rings. The van der Waals surface area contributed by atoms with Crippen molar-refractivity contribution in [2.45, 2.75) is 19.8 Å². The van der Waals surface area contributed by atoms with Crippen LogP contribution in [0, 0.1) is 0 Å². The van der Waals surface area contributed by atoms with Crippen LogP contribution in [0.25, 0.3) is 10.4 Å². The molecule has 29 heavy (non-hydrogen) atoms. The number of aryl methyl sites for hydroxylation is 2. The molecule has 1 heterocycles. The van der Waals surface area contributed by atoms with Gasteiger partial charge >= 0.3 is 5.97 Å². The number of anilines is 1. The van der Waals surface area contributed by atoms with E-state index in [2.05, 4.69) is 17.4 Å². The van der Waals surface area contributed by atoms with Gasteiger partial charge < -0.3 is 10.1 Å². The fraction of sp³-hybridized carbons (Fsp3) is 0.174. The molecule has 0 unspecified atom stereocenters. The summed E-state index contributed by atoms with van der Waals surface area (Å²) in [5.41, 5.74) is 4.72. The van der Waals surface area contributed by atoms with Gasteiger partial charge in [-0.3, -0.25) is 9.59 Å². The van der Waals surface area contributed by atoms with Crippen molar-refractivity contribution in [3.8, 4) is 10.4 Å². The maximum atomic E-state index is 12.4. The number of thiophene rings is 1. The molecule has 4 rings (SSSR count). The molecule has 2 aromatic carbocycles. The first-order valence-corrected chi connectivity index (χ1v) is 10.1. The van der Waals surface area contributed by atoms with Gasteiger partial charge in [0, 0.05) is 16.1 Å². The highest BCUT2D eigenvalue weighted by Gasteiger charge is 2.22. The van der Waals surface area contributed by atoms with E-state index >= 15 is 0 Å². The second kappa shape index (κ2) is 8.01. The Morgan fingerprint density at radius 2 is 1.72 bits per heavy atom. The molecule has 1 amide bonds. The lowest BCUT2D eigenvalue weighted by molar-refractivity contribution is -0.119. The van der Waals surface area contributed by atoms with Gasteiger partial charge in [0.15, 0.2) is 12.4 Å². The number of carbonyl (C=O) groups is 3. The molecule has 1 aliphatic carbocycles. The zero-order chi connectivity index (χ0) is 20.4. The van der Waals surface area contributed by atoms with E-state index in [0.29, 0.717) is 16.1 Å². The number of hydrogen-bond acceptors (Lipinski definition) is 5. The van der Waals surface area contributed by atoms with Gasteiger partial charge in [0.2, 0.25) is 0 Å². The van der Waals surface area contributed by atoms with E-state index in [4.69, 9.17) is 4.74 Å². The Morgan fingerprint density at radius 3 is 2.48 bits per heavy atom. The van der Waals surface area contributed by atoms with Gasteiger partial charge in [-0.15, -0.1) is 11.3 Å². The summed E-state index contributed by atoms with van der Waals surface area (Å²) in [4.78, 5) is 37.4. The molecular formula is C23H19NO4S. The molecule has 0 fully saturated rings. The van der Waals surface area contributed by atoms with Gasteiger partial charge in [0.05, 0.1) is 0 Å². The third kappa shape index (κ3) is 4.12. The lowest BCUT2D eigenvalue weighted by Crippen LogP contribution is -2.20. The molecule has 0 spiro atoms. The Labute approximate surface area is 172 Å². The van der Waals surface area contributed by atoms with Crippen LogP contribution in [0.4, 0.5) is 5.69 Å². The SMILES string of the molecule is CC(=O)c1ccc(NC(=O)COC(=O)c2cc3c(s2)-c2ccccc2CC3)cc1. The summed E-state index contributed by atoms with van der Waals surface area (Å²) in [6.07, 6.45) is 1.85. The van der Waals surface area contributed by atoms with Crippen LogP contribution in [0.3, 0.4) is 0 Å². The van der Waals surface area contributed by atoms with Crippen molar-refractivity contribution in [1.82, 2.24) is 0 Å². The van der Waals surface area contributed by atoms with Crippen LogP contribution in [0.5, 0.6) is 0 Å². The van der Waals surface area contributed by atoms with Crippen molar-refractivity contribution >= 4 is 34.7 Å². The largest absolute Gasteiger partial charge is 0.451 e. The number of ketones is 1. The molecule has 0 bridgehead atoms. The molecule has 0 atom stereocenters. The van der Waals surface area contributed by atoms with Crippen LogP contribution in [0.2, 0.25) is 0 Å². The maximum Gasteiger partial charge on any atom is 0.348 e. The number of benzene rings is 2. The average molecular weight is 405 g/mol. The number of hydrogen-bond donors (Lipinski definition) is 1. The Hall–Kier alpha value is -3.25. The van der Waals surface area contributed by atoms with E-state index in [1.807, 2.05) is 18.2 Å². The van der Waals surface area contributed by atoms with Crippen molar-refractivity contribution in [3.05, 3.63) is 76.2 Å². The minimum Gasteiger partial charge on any atom is -0.451 e. The summed E-state index contributed by atoms with van der Waals surface area (Å²) in [6, 6.07) is 16.6. The first-order valence-electron chi connectivity index (χ1n) is 9.30. The predicted molar refractivity (Wildman–Crippen MR) is 113 cm³/mol. The van der Waals surface area contributed by atoms with Crippen LogP contribution in [-0.2, 0) is 22.4 Å². The quantitative estimate of drug-likeness (QED) is 0.501. The molecule has 0 saturated heterocycles. The van der Waals surface area contributed by atoms with E-state index in [0.717, 1.165) is 23.3 Å². The van der Waals surface area contributed by atoms with Gasteiger partial charge in [-0.05, 0) is 66.8 Å². The third-order valence-corrected chi connectivity index (χ3v) is 6.04. The second-order valence-electron chi connectivity index (χ2n) is 6.88. The van der Waals surface area contributed by atoms with Gasteiger partial charge in [0.25, 0.3) is 5.91 Å². The van der Waals surface area contributed by atoms with Crippen molar-refractivity contribution in [2.75, 3.05) is 11.9 Å². The fourth-order valence-electron chi connectivity index (χ4n) is 3.36. The van der Waals surface area contributed by atoms with E-state index in [1.54, 1.807) is 24.3 Å². The third-order valence-electron chi connectivity index (χ3n) is 4.85. The molecule has 5 nitrogen and oxygen atoms in total. The summed E-state index contributed by atoms with van der Waals surface area (Å²) in [5.74, 6) is -0.970. The number of esters is 1. The molecule has 0 saturated carbocycles. The first-order chi connectivity index (χ1) is 14.0. The van der Waals surface area contributed by atoms with Gasteiger partial charge in [-0.2, -0.15) is 0 Å². The van der Waals surface area contributed by atoms with Gasteiger partial charge in [-0.1, -0.05) is 24.3 Å². The summed E-state index contributed by atoms with van der Waals surface area (Å²) < 4.78 is 5.20. The molecule has 0 radical (unpaired) electrons. The van der Waals surface area contributed by atoms with Crippen molar-refractivity contribution < 1.29 is 19.1 Å². The summed E-state index contributed by atoms with van der Waals surface area (Å²) >= 11 is 1.41. The topological polar surface area (TPSA) is 72.5 Å². The molecule has 6 heteroatoms. The lowest BCUT2D eigenvalue weighted by atomic mass is 9.91. The zero-order valence-electron chi connectivity index (χ0n) is 15.9. The smallest absolute Gasteiger partial charge is 0.348 e. The molecule has 146 valence electrons. The van der Waals surface area contributed by atoms with Crippen molar-refractivity contribution in [1.29, 1.82) is 0 Å². The molecule has 1 aromatic heterocycles. The average Bonchev–Trinajstić information content (AvgIpc) is 3.17.